The van der Waals surface area contributed by atoms with Gasteiger partial charge in [0.05, 0.1) is 23.8 Å². The number of halogens is 3. The van der Waals surface area contributed by atoms with Crippen molar-refractivity contribution in [3.63, 3.8) is 0 Å². The standard InChI is InChI=1S/C28H25F3N2O3/c1-2-35-27(34)26-19-12-18-13-24(32-14-20(18)25(19)26)36-15-16-7-8-17-9-10-33(23(17)11-16)22-6-4-3-5-21(22)28(29,30)31/h3-8,11,13-14,19,25-26H,2,9-10,12,15H2,1H3/t19-,25-,26+/m1/s1. The lowest BCUT2D eigenvalue weighted by Gasteiger charge is -2.24. The molecule has 186 valence electrons. The van der Waals surface area contributed by atoms with Crippen LogP contribution in [-0.4, -0.2) is 24.1 Å². The van der Waals surface area contributed by atoms with Crippen molar-refractivity contribution in [1.29, 1.82) is 0 Å². The molecule has 3 atom stereocenters. The fourth-order valence-electron chi connectivity index (χ4n) is 5.78. The lowest BCUT2D eigenvalue weighted by atomic mass is 10.0. The third kappa shape index (κ3) is 3.88. The van der Waals surface area contributed by atoms with Crippen LogP contribution in [0.15, 0.2) is 54.7 Å². The zero-order chi connectivity index (χ0) is 25.0. The number of esters is 1. The molecule has 0 spiro atoms. The van der Waals surface area contributed by atoms with Crippen molar-refractivity contribution in [2.45, 2.75) is 38.5 Å². The van der Waals surface area contributed by atoms with Gasteiger partial charge in [0.1, 0.15) is 6.61 Å². The maximum absolute atomic E-state index is 13.6. The number of alkyl halides is 3. The summed E-state index contributed by atoms with van der Waals surface area (Å²) in [6.07, 6.45) is -1.12. The lowest BCUT2D eigenvalue weighted by molar-refractivity contribution is -0.145. The molecule has 0 bridgehead atoms. The summed E-state index contributed by atoms with van der Waals surface area (Å²) >= 11 is 0. The molecule has 36 heavy (non-hydrogen) atoms. The number of hydrogen-bond donors (Lipinski definition) is 0. The fourth-order valence-corrected chi connectivity index (χ4v) is 5.78. The topological polar surface area (TPSA) is 51.7 Å². The Hall–Kier alpha value is -3.55. The Kier molecular flexibility index (Phi) is 5.43. The van der Waals surface area contributed by atoms with E-state index in [0.29, 0.717) is 31.4 Å². The molecule has 0 unspecified atom stereocenters. The Morgan fingerprint density at radius 3 is 2.75 bits per heavy atom. The van der Waals surface area contributed by atoms with Gasteiger partial charge in [-0.1, -0.05) is 24.3 Å². The lowest BCUT2D eigenvalue weighted by Crippen LogP contribution is -2.19. The van der Waals surface area contributed by atoms with Crippen LogP contribution < -0.4 is 9.64 Å². The van der Waals surface area contributed by atoms with E-state index in [4.69, 9.17) is 9.47 Å². The van der Waals surface area contributed by atoms with Gasteiger partial charge in [0, 0.05) is 30.4 Å². The molecule has 0 radical (unpaired) electrons. The Bertz CT molecular complexity index is 1340. The zero-order valence-corrected chi connectivity index (χ0v) is 19.7. The van der Waals surface area contributed by atoms with Crippen LogP contribution in [0.5, 0.6) is 5.88 Å². The molecule has 3 aliphatic rings. The molecule has 1 aliphatic heterocycles. The average molecular weight is 495 g/mol. The second-order valence-electron chi connectivity index (χ2n) is 9.56. The molecule has 1 fully saturated rings. The Balaban J connectivity index is 1.17. The molecule has 6 rings (SSSR count). The van der Waals surface area contributed by atoms with Crippen LogP contribution >= 0.6 is 0 Å². The number of benzene rings is 2. The van der Waals surface area contributed by atoms with E-state index in [1.165, 1.54) is 12.1 Å². The number of fused-ring (bicyclic) bond motifs is 4. The summed E-state index contributed by atoms with van der Waals surface area (Å²) in [5.41, 5.74) is 4.44. The quantitative estimate of drug-likeness (QED) is 0.404. The van der Waals surface area contributed by atoms with Crippen LogP contribution in [0.4, 0.5) is 24.5 Å². The van der Waals surface area contributed by atoms with Crippen molar-refractivity contribution < 1.29 is 27.4 Å². The molecule has 3 aromatic rings. The smallest absolute Gasteiger partial charge is 0.418 e. The van der Waals surface area contributed by atoms with Crippen LogP contribution in [0.2, 0.25) is 0 Å². The van der Waals surface area contributed by atoms with Gasteiger partial charge in [-0.05, 0) is 66.1 Å². The minimum atomic E-state index is -4.42. The molecule has 1 saturated carbocycles. The van der Waals surface area contributed by atoms with Crippen molar-refractivity contribution in [2.24, 2.45) is 11.8 Å². The molecule has 2 heterocycles. The molecule has 2 aliphatic carbocycles. The van der Waals surface area contributed by atoms with E-state index in [1.807, 2.05) is 31.2 Å². The highest BCUT2D eigenvalue weighted by atomic mass is 19.4. The summed E-state index contributed by atoms with van der Waals surface area (Å²) in [5, 5.41) is 0. The van der Waals surface area contributed by atoms with Crippen molar-refractivity contribution in [3.8, 4) is 5.88 Å². The van der Waals surface area contributed by atoms with Gasteiger partial charge in [0.15, 0.2) is 0 Å². The maximum Gasteiger partial charge on any atom is 0.418 e. The van der Waals surface area contributed by atoms with Crippen LogP contribution in [0.3, 0.4) is 0 Å². The number of rotatable bonds is 6. The highest BCUT2D eigenvalue weighted by molar-refractivity contribution is 5.79. The first-order valence-corrected chi connectivity index (χ1v) is 12.2. The first-order chi connectivity index (χ1) is 17.3. The molecule has 0 saturated heterocycles. The number of pyridine rings is 1. The zero-order valence-electron chi connectivity index (χ0n) is 19.7. The van der Waals surface area contributed by atoms with Crippen molar-refractivity contribution in [2.75, 3.05) is 18.1 Å². The van der Waals surface area contributed by atoms with Gasteiger partial charge in [-0.3, -0.25) is 4.79 Å². The number of para-hydroxylation sites is 1. The second kappa shape index (κ2) is 8.54. The highest BCUT2D eigenvalue weighted by Gasteiger charge is 2.60. The molecular weight excluding hydrogens is 469 g/mol. The fraction of sp³-hybridized carbons (Fsp3) is 0.357. The minimum absolute atomic E-state index is 0.0529. The van der Waals surface area contributed by atoms with Gasteiger partial charge >= 0.3 is 12.1 Å². The van der Waals surface area contributed by atoms with Gasteiger partial charge in [-0.15, -0.1) is 0 Å². The van der Waals surface area contributed by atoms with Crippen LogP contribution in [0.1, 0.15) is 40.7 Å². The summed E-state index contributed by atoms with van der Waals surface area (Å²) in [7, 11) is 0. The van der Waals surface area contributed by atoms with Gasteiger partial charge in [-0.2, -0.15) is 13.2 Å². The van der Waals surface area contributed by atoms with E-state index in [-0.39, 0.29) is 30.1 Å². The second-order valence-corrected chi connectivity index (χ2v) is 9.56. The summed E-state index contributed by atoms with van der Waals surface area (Å²) in [4.78, 5) is 18.3. The van der Waals surface area contributed by atoms with E-state index in [9.17, 15) is 18.0 Å². The number of carbonyl (C=O) groups excluding carboxylic acids is 1. The average Bonchev–Trinajstić information content (AvgIpc) is 3.22. The largest absolute Gasteiger partial charge is 0.473 e. The van der Waals surface area contributed by atoms with E-state index in [0.717, 1.165) is 40.4 Å². The SMILES string of the molecule is CCOC(=O)[C@H]1[C@@H]2Cc3cc(OCc4ccc5c(c4)N(c4ccccc4C(F)(F)F)CC5)ncc3[C@@H]21. The third-order valence-corrected chi connectivity index (χ3v) is 7.47. The Morgan fingerprint density at radius 2 is 1.94 bits per heavy atom. The predicted molar refractivity (Wildman–Crippen MR) is 127 cm³/mol. The molecule has 5 nitrogen and oxygen atoms in total. The number of anilines is 2. The van der Waals surface area contributed by atoms with Crippen molar-refractivity contribution >= 4 is 17.3 Å². The number of nitrogens with zero attached hydrogens (tertiary/aromatic N) is 2. The summed E-state index contributed by atoms with van der Waals surface area (Å²) in [6.45, 7) is 2.96. The van der Waals surface area contributed by atoms with Crippen LogP contribution in [-0.2, 0) is 35.2 Å². The van der Waals surface area contributed by atoms with Gasteiger partial charge < -0.3 is 14.4 Å². The normalized spacial score (nSPS) is 21.6. The molecule has 1 aromatic heterocycles. The molecule has 0 N–H and O–H groups in total. The van der Waals surface area contributed by atoms with Gasteiger partial charge in [-0.25, -0.2) is 4.98 Å². The summed E-state index contributed by atoms with van der Waals surface area (Å²) in [6, 6.07) is 13.4. The van der Waals surface area contributed by atoms with Gasteiger partial charge in [0.25, 0.3) is 0 Å². The Morgan fingerprint density at radius 1 is 1.11 bits per heavy atom. The predicted octanol–water partition coefficient (Wildman–Crippen LogP) is 5.82. The van der Waals surface area contributed by atoms with E-state index >= 15 is 0 Å². The monoisotopic (exact) mass is 494 g/mol. The first-order valence-electron chi connectivity index (χ1n) is 12.2. The molecule has 2 aromatic carbocycles. The number of carbonyl (C=O) groups is 1. The van der Waals surface area contributed by atoms with Crippen LogP contribution in [0, 0.1) is 11.8 Å². The summed E-state index contributed by atoms with van der Waals surface area (Å²) < 4.78 is 52.0. The van der Waals surface area contributed by atoms with E-state index < -0.39 is 11.7 Å². The van der Waals surface area contributed by atoms with Crippen LogP contribution in [0.25, 0.3) is 0 Å². The third-order valence-electron chi connectivity index (χ3n) is 7.47. The number of aromatic nitrogens is 1. The van der Waals surface area contributed by atoms with E-state index in [1.54, 1.807) is 17.2 Å². The number of hydrogen-bond acceptors (Lipinski definition) is 5. The van der Waals surface area contributed by atoms with Crippen molar-refractivity contribution in [1.82, 2.24) is 4.98 Å². The Labute approximate surface area is 206 Å². The first kappa shape index (κ1) is 22.9. The van der Waals surface area contributed by atoms with E-state index in [2.05, 4.69) is 4.98 Å². The number of ether oxygens (including phenoxy) is 2. The summed E-state index contributed by atoms with van der Waals surface area (Å²) in [5.74, 6) is 0.814. The molecular formula is C28H25F3N2O3. The highest BCUT2D eigenvalue weighted by Crippen LogP contribution is 2.61. The minimum Gasteiger partial charge on any atom is -0.473 e. The molecule has 0 amide bonds. The van der Waals surface area contributed by atoms with Crippen molar-refractivity contribution in [3.05, 3.63) is 82.5 Å². The molecule has 8 heteroatoms. The van der Waals surface area contributed by atoms with Gasteiger partial charge in [0.2, 0.25) is 5.88 Å². The maximum atomic E-state index is 13.6.